The van der Waals surface area contributed by atoms with Gasteiger partial charge in [-0.2, -0.15) is 0 Å². The van der Waals surface area contributed by atoms with Gasteiger partial charge in [-0.15, -0.1) is 0 Å². The Hall–Kier alpha value is 0.651. The van der Waals surface area contributed by atoms with Gasteiger partial charge < -0.3 is 0 Å². The summed E-state index contributed by atoms with van der Waals surface area (Å²) in [5, 5.41) is 0. The monoisotopic (exact) mass is 210 g/mol. The van der Waals surface area contributed by atoms with Crippen molar-refractivity contribution in [2.75, 3.05) is 0 Å². The Labute approximate surface area is 83.4 Å². The van der Waals surface area contributed by atoms with Gasteiger partial charge in [-0.1, -0.05) is 52.2 Å². The molecule has 68 valence electrons. The summed E-state index contributed by atoms with van der Waals surface area (Å²) in [7, 11) is -7.86. The first-order valence-electron chi connectivity index (χ1n) is 7.00. The van der Waals surface area contributed by atoms with E-state index >= 15 is 0 Å². The quantitative estimate of drug-likeness (QED) is 0.612. The van der Waals surface area contributed by atoms with E-state index in [0.717, 1.165) is 0 Å². The predicted octanol–water partition coefficient (Wildman–Crippen LogP) is 3.53. The first-order chi connectivity index (χ1) is 7.00. The summed E-state index contributed by atoms with van der Waals surface area (Å²) in [4.78, 5) is 0. The minimum absolute atomic E-state index is 1.93. The minimum atomic E-state index is -3.32. The molecule has 0 radical (unpaired) electrons. The Morgan fingerprint density at radius 3 is 1.00 bits per heavy atom. The second-order valence-corrected chi connectivity index (χ2v) is 30.8. The highest BCUT2D eigenvalue weighted by molar-refractivity contribution is 7.68. The second-order valence-electron chi connectivity index (χ2n) is 5.25. The van der Waals surface area contributed by atoms with Gasteiger partial charge in [0, 0.05) is 30.5 Å². The van der Waals surface area contributed by atoms with Crippen LogP contribution in [0.2, 0.25) is 52.2 Å². The van der Waals surface area contributed by atoms with Gasteiger partial charge in [-0.05, 0) is 0 Å². The third kappa shape index (κ3) is 2.29. The van der Waals surface area contributed by atoms with Crippen LogP contribution in [-0.2, 0) is 0 Å². The highest BCUT2D eigenvalue weighted by Crippen LogP contribution is 2.28. The molecule has 0 atom stereocenters. The summed E-state index contributed by atoms with van der Waals surface area (Å²) >= 11 is 0. The lowest BCUT2D eigenvalue weighted by molar-refractivity contribution is 1.71. The summed E-state index contributed by atoms with van der Waals surface area (Å²) in [5.74, 6) is 0. The van der Waals surface area contributed by atoms with Crippen LogP contribution in [0.4, 0.5) is 0 Å². The average Bonchev–Trinajstić information content (AvgIpc) is 1.67. The molecule has 11 heavy (non-hydrogen) atoms. The van der Waals surface area contributed by atoms with Gasteiger partial charge >= 0.3 is 0 Å². The Bertz CT molecular complexity index is 218. The van der Waals surface area contributed by atoms with Crippen molar-refractivity contribution >= 4 is 22.3 Å². The summed E-state index contributed by atoms with van der Waals surface area (Å²) in [6.45, 7) is 6.99. The van der Waals surface area contributed by atoms with E-state index in [2.05, 4.69) is 0 Å². The highest BCUT2D eigenvalue weighted by Gasteiger charge is 2.46. The van der Waals surface area contributed by atoms with Crippen molar-refractivity contribution in [3.05, 3.63) is 0 Å². The van der Waals surface area contributed by atoms with Crippen LogP contribution in [0.3, 0.4) is 0 Å². The van der Waals surface area contributed by atoms with E-state index in [1.54, 1.807) is 0 Å². The van der Waals surface area contributed by atoms with Gasteiger partial charge in [-0.25, -0.2) is 0 Å². The van der Waals surface area contributed by atoms with Crippen LogP contribution in [0.5, 0.6) is 0 Å². The SMILES string of the molecule is [2H]C([2H])([2H])[Si](C([2H])([2H])[2H])([Si](C)(C)C)[Si](C)(C)C. The predicted molar refractivity (Wildman–Crippen MR) is 64.2 cm³/mol. The van der Waals surface area contributed by atoms with Crippen molar-refractivity contribution in [3.63, 3.8) is 0 Å². The van der Waals surface area contributed by atoms with Gasteiger partial charge in [0.15, 0.2) is 0 Å². The van der Waals surface area contributed by atoms with Crippen molar-refractivity contribution in [1.82, 2.24) is 0 Å². The lowest BCUT2D eigenvalue weighted by Gasteiger charge is -2.45. The molecule has 0 saturated heterocycles. The summed E-state index contributed by atoms with van der Waals surface area (Å²) in [6.07, 6.45) is 0. The maximum atomic E-state index is 7.91. The van der Waals surface area contributed by atoms with Crippen LogP contribution < -0.4 is 0 Å². The third-order valence-corrected chi connectivity index (χ3v) is 33.8. The molecule has 0 N–H and O–H groups in total. The van der Waals surface area contributed by atoms with E-state index in [1.807, 2.05) is 39.3 Å². The number of hydrogen-bond acceptors (Lipinski definition) is 0. The Balaban J connectivity index is 6.37. The molecular formula is C8H24Si3. The second kappa shape index (κ2) is 2.85. The Morgan fingerprint density at radius 1 is 0.727 bits per heavy atom. The molecule has 0 unspecified atom stereocenters. The Morgan fingerprint density at radius 2 is 1.00 bits per heavy atom. The average molecular weight is 211 g/mol. The fourth-order valence-electron chi connectivity index (χ4n) is 1.12. The fraction of sp³-hybridized carbons (Fsp3) is 1.00. The topological polar surface area (TPSA) is 0 Å². The molecule has 0 aromatic carbocycles. The Kier molecular flexibility index (Phi) is 1.24. The number of rotatable bonds is 2. The molecule has 0 nitrogen and oxygen atoms in total. The first-order valence-corrected chi connectivity index (χ1v) is 15.0. The van der Waals surface area contributed by atoms with Gasteiger partial charge in [0.05, 0.1) is 0 Å². The molecule has 0 aromatic heterocycles. The molecule has 0 aromatic rings. The molecule has 0 amide bonds. The molecule has 3 heteroatoms. The lowest BCUT2D eigenvalue weighted by atomic mass is 11.8. The third-order valence-electron chi connectivity index (χ3n) is 2.25. The van der Waals surface area contributed by atoms with E-state index in [-0.39, 0.29) is 0 Å². The fourth-order valence-corrected chi connectivity index (χ4v) is 30.4. The van der Waals surface area contributed by atoms with Gasteiger partial charge in [0.1, 0.15) is 0 Å². The molecule has 0 heterocycles. The van der Waals surface area contributed by atoms with Gasteiger partial charge in [-0.3, -0.25) is 0 Å². The van der Waals surface area contributed by atoms with Crippen LogP contribution in [0.25, 0.3) is 0 Å². The zero-order valence-corrected chi connectivity index (χ0v) is 11.5. The van der Waals surface area contributed by atoms with Crippen LogP contribution >= 0.6 is 0 Å². The molecule has 0 rings (SSSR count). The van der Waals surface area contributed by atoms with Crippen molar-refractivity contribution in [2.24, 2.45) is 0 Å². The van der Waals surface area contributed by atoms with E-state index in [4.69, 9.17) is 8.22 Å². The molecule has 0 aliphatic rings. The molecule has 0 aliphatic carbocycles. The molecule has 0 aliphatic heterocycles. The largest absolute Gasteiger partial charge is 0.0731 e. The molecule has 0 bridgehead atoms. The highest BCUT2D eigenvalue weighted by atomic mass is 29.6. The zero-order chi connectivity index (χ0) is 14.5. The van der Waals surface area contributed by atoms with Crippen molar-refractivity contribution in [1.29, 1.82) is 0 Å². The standard InChI is InChI=1S/C8H24Si3/c1-9(2,3)11(7,8)10(4,5)6/h1-8H3/i7D3,8D3. The number of hydrogen-bond donors (Lipinski definition) is 0. The van der Waals surface area contributed by atoms with Crippen LogP contribution in [0.15, 0.2) is 0 Å². The van der Waals surface area contributed by atoms with Gasteiger partial charge in [0.2, 0.25) is 0 Å². The molecule has 0 spiro atoms. The lowest BCUT2D eigenvalue weighted by Crippen LogP contribution is -2.67. The van der Waals surface area contributed by atoms with E-state index in [9.17, 15) is 0 Å². The van der Waals surface area contributed by atoms with Gasteiger partial charge in [0.25, 0.3) is 0 Å². The molecule has 0 saturated carbocycles. The normalized spacial score (nSPS) is 25.6. The van der Waals surface area contributed by atoms with E-state index in [1.165, 1.54) is 0 Å². The van der Waals surface area contributed by atoms with Crippen molar-refractivity contribution in [2.45, 2.75) is 52.2 Å². The molecule has 0 fully saturated rings. The first kappa shape index (κ1) is 4.77. The smallest absolute Gasteiger partial charge is 0.0357 e. The van der Waals surface area contributed by atoms with E-state index in [0.29, 0.717) is 0 Å². The van der Waals surface area contributed by atoms with E-state index < -0.39 is 35.2 Å². The maximum absolute atomic E-state index is 7.91. The minimum Gasteiger partial charge on any atom is -0.0731 e. The van der Waals surface area contributed by atoms with Crippen LogP contribution in [0, 0.1) is 0 Å². The summed E-state index contributed by atoms with van der Waals surface area (Å²) in [6, 6.07) is 0. The summed E-state index contributed by atoms with van der Waals surface area (Å²) in [5.41, 5.74) is 0. The summed E-state index contributed by atoms with van der Waals surface area (Å²) < 4.78 is 47.5. The van der Waals surface area contributed by atoms with Crippen molar-refractivity contribution < 1.29 is 8.22 Å². The maximum Gasteiger partial charge on any atom is 0.0357 e. The zero-order valence-electron chi connectivity index (χ0n) is 14.5. The van der Waals surface area contributed by atoms with Crippen molar-refractivity contribution in [3.8, 4) is 0 Å². The van der Waals surface area contributed by atoms with Crippen LogP contribution in [-0.4, -0.2) is 22.3 Å². The molecular weight excluding hydrogens is 180 g/mol. The van der Waals surface area contributed by atoms with Crippen LogP contribution in [0.1, 0.15) is 8.22 Å².